The number of Topliss-reactive ketones (excluding diaryl/α,β-unsaturated/α-hetero) is 1. The first kappa shape index (κ1) is 15.6. The van der Waals surface area contributed by atoms with Crippen LogP contribution in [0.25, 0.3) is 0 Å². The molecule has 0 spiro atoms. The summed E-state index contributed by atoms with van der Waals surface area (Å²) in [7, 11) is 3.12. The van der Waals surface area contributed by atoms with Crippen molar-refractivity contribution in [1.29, 1.82) is 0 Å². The lowest BCUT2D eigenvalue weighted by Gasteiger charge is -2.11. The second-order valence-corrected chi connectivity index (χ2v) is 5.63. The van der Waals surface area contributed by atoms with Gasteiger partial charge in [0.25, 0.3) is 0 Å². The maximum atomic E-state index is 12.5. The Hall–Kier alpha value is -1.81. The van der Waals surface area contributed by atoms with Crippen LogP contribution in [0.15, 0.2) is 40.9 Å². The van der Waals surface area contributed by atoms with Gasteiger partial charge in [-0.1, -0.05) is 29.8 Å². The lowest BCUT2D eigenvalue weighted by Crippen LogP contribution is -2.06. The van der Waals surface area contributed by atoms with E-state index in [-0.39, 0.29) is 5.78 Å². The Kier molecular flexibility index (Phi) is 5.02. The van der Waals surface area contributed by atoms with Crippen molar-refractivity contribution in [2.45, 2.75) is 13.3 Å². The van der Waals surface area contributed by atoms with Crippen LogP contribution in [0.3, 0.4) is 0 Å². The van der Waals surface area contributed by atoms with Gasteiger partial charge < -0.3 is 9.47 Å². The third-order valence-corrected chi connectivity index (χ3v) is 3.88. The van der Waals surface area contributed by atoms with Crippen LogP contribution in [0.2, 0.25) is 0 Å². The van der Waals surface area contributed by atoms with Crippen molar-refractivity contribution in [3.63, 3.8) is 0 Å². The van der Waals surface area contributed by atoms with Gasteiger partial charge in [0, 0.05) is 6.42 Å². The largest absolute Gasteiger partial charge is 0.496 e. The van der Waals surface area contributed by atoms with Gasteiger partial charge in [-0.15, -0.1) is 0 Å². The van der Waals surface area contributed by atoms with Crippen molar-refractivity contribution in [3.8, 4) is 11.5 Å². The summed E-state index contributed by atoms with van der Waals surface area (Å²) in [6, 6.07) is 11.4. The Morgan fingerprint density at radius 1 is 1.05 bits per heavy atom. The Bertz CT molecular complexity index is 648. The molecule has 0 bridgehead atoms. The van der Waals surface area contributed by atoms with Crippen LogP contribution >= 0.6 is 15.9 Å². The zero-order chi connectivity index (χ0) is 15.4. The molecule has 0 fully saturated rings. The third-order valence-electron chi connectivity index (χ3n) is 3.26. The van der Waals surface area contributed by atoms with Crippen molar-refractivity contribution >= 4 is 21.7 Å². The predicted molar refractivity (Wildman–Crippen MR) is 86.5 cm³/mol. The van der Waals surface area contributed by atoms with Gasteiger partial charge in [0.1, 0.15) is 11.5 Å². The number of benzene rings is 2. The average molecular weight is 349 g/mol. The molecule has 0 aliphatic carbocycles. The zero-order valence-electron chi connectivity index (χ0n) is 12.3. The lowest BCUT2D eigenvalue weighted by atomic mass is 10.0. The quantitative estimate of drug-likeness (QED) is 0.759. The Labute approximate surface area is 133 Å². The van der Waals surface area contributed by atoms with Gasteiger partial charge >= 0.3 is 0 Å². The summed E-state index contributed by atoms with van der Waals surface area (Å²) in [5, 5.41) is 0. The summed E-state index contributed by atoms with van der Waals surface area (Å²) in [6.45, 7) is 2.02. The number of methoxy groups -OCH3 is 2. The average Bonchev–Trinajstić information content (AvgIpc) is 2.49. The molecule has 0 saturated heterocycles. The molecule has 0 atom stereocenters. The molecular formula is C17H17BrO3. The molecule has 2 aromatic rings. The molecule has 0 aromatic heterocycles. The van der Waals surface area contributed by atoms with E-state index >= 15 is 0 Å². The van der Waals surface area contributed by atoms with E-state index in [9.17, 15) is 4.79 Å². The van der Waals surface area contributed by atoms with Crippen molar-refractivity contribution in [3.05, 3.63) is 57.6 Å². The highest BCUT2D eigenvalue weighted by Gasteiger charge is 2.16. The minimum absolute atomic E-state index is 0.00139. The highest BCUT2D eigenvalue weighted by atomic mass is 79.9. The number of hydrogen-bond donors (Lipinski definition) is 0. The second kappa shape index (κ2) is 6.76. The first-order chi connectivity index (χ1) is 10.0. The molecule has 3 nitrogen and oxygen atoms in total. The molecule has 0 amide bonds. The van der Waals surface area contributed by atoms with E-state index in [0.717, 1.165) is 10.0 Å². The topological polar surface area (TPSA) is 35.5 Å². The summed E-state index contributed by atoms with van der Waals surface area (Å²) in [4.78, 5) is 12.5. The SMILES string of the molecule is COc1cc(C(=O)Cc2ccc(C)cc2)c(OC)cc1Br. The third kappa shape index (κ3) is 3.64. The molecule has 4 heteroatoms. The molecular weight excluding hydrogens is 332 g/mol. The first-order valence-electron chi connectivity index (χ1n) is 6.55. The van der Waals surface area contributed by atoms with E-state index in [0.29, 0.717) is 23.5 Å². The molecule has 0 radical (unpaired) electrons. The van der Waals surface area contributed by atoms with E-state index in [2.05, 4.69) is 15.9 Å². The number of ketones is 1. The molecule has 21 heavy (non-hydrogen) atoms. The Morgan fingerprint density at radius 2 is 1.67 bits per heavy atom. The molecule has 0 unspecified atom stereocenters. The highest BCUT2D eigenvalue weighted by molar-refractivity contribution is 9.10. The predicted octanol–water partition coefficient (Wildman–Crippen LogP) is 4.20. The van der Waals surface area contributed by atoms with Crippen molar-refractivity contribution in [1.82, 2.24) is 0 Å². The van der Waals surface area contributed by atoms with Gasteiger partial charge in [0.15, 0.2) is 5.78 Å². The van der Waals surface area contributed by atoms with E-state index in [1.165, 1.54) is 5.56 Å². The van der Waals surface area contributed by atoms with Gasteiger partial charge in [-0.05, 0) is 40.5 Å². The van der Waals surface area contributed by atoms with E-state index in [4.69, 9.17) is 9.47 Å². The molecule has 0 aliphatic heterocycles. The Morgan fingerprint density at radius 3 is 2.24 bits per heavy atom. The van der Waals surface area contributed by atoms with Gasteiger partial charge in [0.2, 0.25) is 0 Å². The summed E-state index contributed by atoms with van der Waals surface area (Å²) < 4.78 is 11.3. The smallest absolute Gasteiger partial charge is 0.171 e. The van der Waals surface area contributed by atoms with Gasteiger partial charge in [-0.25, -0.2) is 0 Å². The number of carbonyl (C=O) groups is 1. The summed E-state index contributed by atoms with van der Waals surface area (Å²) in [6.07, 6.45) is 0.335. The first-order valence-corrected chi connectivity index (χ1v) is 7.34. The van der Waals surface area contributed by atoms with E-state index in [1.807, 2.05) is 31.2 Å². The van der Waals surface area contributed by atoms with Crippen molar-refractivity contribution in [2.75, 3.05) is 14.2 Å². The summed E-state index contributed by atoms with van der Waals surface area (Å²) in [5.41, 5.74) is 2.68. The number of carbonyl (C=O) groups excluding carboxylic acids is 1. The summed E-state index contributed by atoms with van der Waals surface area (Å²) in [5.74, 6) is 1.16. The zero-order valence-corrected chi connectivity index (χ0v) is 13.9. The van der Waals surface area contributed by atoms with Crippen LogP contribution in [-0.2, 0) is 6.42 Å². The molecule has 2 rings (SSSR count). The fourth-order valence-electron chi connectivity index (χ4n) is 2.06. The van der Waals surface area contributed by atoms with E-state index < -0.39 is 0 Å². The monoisotopic (exact) mass is 348 g/mol. The van der Waals surface area contributed by atoms with Crippen molar-refractivity contribution < 1.29 is 14.3 Å². The van der Waals surface area contributed by atoms with Gasteiger partial charge in [0.05, 0.1) is 24.3 Å². The number of rotatable bonds is 5. The normalized spacial score (nSPS) is 10.3. The molecule has 2 aromatic carbocycles. The Balaban J connectivity index is 2.31. The molecule has 0 heterocycles. The maximum Gasteiger partial charge on any atom is 0.171 e. The maximum absolute atomic E-state index is 12.5. The van der Waals surface area contributed by atoms with Crippen LogP contribution in [0.4, 0.5) is 0 Å². The minimum atomic E-state index is 0.00139. The number of ether oxygens (including phenoxy) is 2. The standard InChI is InChI=1S/C17H17BrO3/c1-11-4-6-12(7-5-11)8-15(19)13-9-17(21-3)14(18)10-16(13)20-2/h4-7,9-10H,8H2,1-3H3. The highest BCUT2D eigenvalue weighted by Crippen LogP contribution is 2.33. The van der Waals surface area contributed by atoms with Crippen LogP contribution in [0.1, 0.15) is 21.5 Å². The molecule has 0 aliphatic rings. The van der Waals surface area contributed by atoms with Crippen LogP contribution in [0.5, 0.6) is 11.5 Å². The van der Waals surface area contributed by atoms with Crippen LogP contribution in [0, 0.1) is 6.92 Å². The second-order valence-electron chi connectivity index (χ2n) is 4.77. The number of hydrogen-bond acceptors (Lipinski definition) is 3. The van der Waals surface area contributed by atoms with Gasteiger partial charge in [-0.2, -0.15) is 0 Å². The van der Waals surface area contributed by atoms with Crippen LogP contribution < -0.4 is 9.47 Å². The number of aryl methyl sites for hydroxylation is 1. The number of halogens is 1. The fourth-order valence-corrected chi connectivity index (χ4v) is 2.55. The molecule has 110 valence electrons. The van der Waals surface area contributed by atoms with Crippen molar-refractivity contribution in [2.24, 2.45) is 0 Å². The summed E-state index contributed by atoms with van der Waals surface area (Å²) >= 11 is 3.39. The minimum Gasteiger partial charge on any atom is -0.496 e. The molecule has 0 saturated carbocycles. The fraction of sp³-hybridized carbons (Fsp3) is 0.235. The van der Waals surface area contributed by atoms with Crippen LogP contribution in [-0.4, -0.2) is 20.0 Å². The lowest BCUT2D eigenvalue weighted by molar-refractivity contribution is 0.0989. The molecule has 0 N–H and O–H groups in total. The van der Waals surface area contributed by atoms with E-state index in [1.54, 1.807) is 26.4 Å². The van der Waals surface area contributed by atoms with Gasteiger partial charge in [-0.3, -0.25) is 4.79 Å².